The lowest BCUT2D eigenvalue weighted by molar-refractivity contribution is -0.171. The number of ether oxygens (including phenoxy) is 1. The highest BCUT2D eigenvalue weighted by Gasteiger charge is 2.60. The molecule has 0 aliphatic heterocycles. The Morgan fingerprint density at radius 1 is 1.19 bits per heavy atom. The van der Waals surface area contributed by atoms with Crippen LogP contribution in [0.15, 0.2) is 30.3 Å². The van der Waals surface area contributed by atoms with Crippen LogP contribution in [0.3, 0.4) is 0 Å². The van der Waals surface area contributed by atoms with Crippen molar-refractivity contribution in [3.63, 3.8) is 0 Å². The Labute approximate surface area is 163 Å². The highest BCUT2D eigenvalue weighted by atomic mass is 79.9. The molecule has 0 radical (unpaired) electrons. The first-order chi connectivity index (χ1) is 12.4. The van der Waals surface area contributed by atoms with Crippen LogP contribution in [0.1, 0.15) is 57.1 Å². The zero-order valence-electron chi connectivity index (χ0n) is 15.2. The minimum absolute atomic E-state index is 0.104. The average molecular weight is 420 g/mol. The topological polar surface area (TPSA) is 55.4 Å². The number of benzene rings is 1. The van der Waals surface area contributed by atoms with E-state index in [0.717, 1.165) is 24.8 Å². The molecule has 1 N–H and O–H groups in total. The van der Waals surface area contributed by atoms with E-state index in [2.05, 4.69) is 21.2 Å². The van der Waals surface area contributed by atoms with Gasteiger partial charge in [0.25, 0.3) is 5.91 Å². The van der Waals surface area contributed by atoms with Crippen LogP contribution in [0.25, 0.3) is 0 Å². The second kappa shape index (κ2) is 6.66. The van der Waals surface area contributed by atoms with E-state index in [1.165, 1.54) is 19.3 Å². The van der Waals surface area contributed by atoms with Crippen LogP contribution < -0.4 is 5.32 Å². The lowest BCUT2D eigenvalue weighted by Crippen LogP contribution is -2.56. The van der Waals surface area contributed by atoms with E-state index in [9.17, 15) is 9.59 Å². The van der Waals surface area contributed by atoms with Gasteiger partial charge < -0.3 is 10.1 Å². The van der Waals surface area contributed by atoms with E-state index in [4.69, 9.17) is 4.74 Å². The molecule has 2 unspecified atom stereocenters. The molecule has 5 heteroatoms. The number of amides is 1. The van der Waals surface area contributed by atoms with Crippen molar-refractivity contribution in [2.24, 2.45) is 17.3 Å². The second-order valence-corrected chi connectivity index (χ2v) is 10.4. The SMILES string of the molecule is C[C@@H](NC(=O)COC(=O)C12C[C@@H]3C[C@@H](CC(Br)(C3)C1)C2)c1ccccc1. The van der Waals surface area contributed by atoms with Crippen molar-refractivity contribution >= 4 is 27.8 Å². The minimum Gasteiger partial charge on any atom is -0.455 e. The first-order valence-corrected chi connectivity index (χ1v) is 10.4. The molecule has 5 atom stereocenters. The van der Waals surface area contributed by atoms with Gasteiger partial charge in [-0.3, -0.25) is 9.59 Å². The molecule has 4 nitrogen and oxygen atoms in total. The van der Waals surface area contributed by atoms with Crippen LogP contribution in [0.5, 0.6) is 0 Å². The van der Waals surface area contributed by atoms with Crippen molar-refractivity contribution < 1.29 is 14.3 Å². The van der Waals surface area contributed by atoms with Crippen molar-refractivity contribution in [2.45, 2.75) is 55.8 Å². The smallest absolute Gasteiger partial charge is 0.312 e. The van der Waals surface area contributed by atoms with Crippen molar-refractivity contribution in [1.82, 2.24) is 5.32 Å². The van der Waals surface area contributed by atoms with Gasteiger partial charge in [0.2, 0.25) is 0 Å². The van der Waals surface area contributed by atoms with Crippen LogP contribution in [-0.2, 0) is 14.3 Å². The van der Waals surface area contributed by atoms with Crippen molar-refractivity contribution in [3.8, 4) is 0 Å². The summed E-state index contributed by atoms with van der Waals surface area (Å²) in [6.45, 7) is 1.74. The Hall–Kier alpha value is -1.36. The lowest BCUT2D eigenvalue weighted by atomic mass is 9.49. The molecular formula is C21H26BrNO3. The number of halogens is 1. The molecule has 4 fully saturated rings. The molecule has 5 rings (SSSR count). The summed E-state index contributed by atoms with van der Waals surface area (Å²) < 4.78 is 5.61. The Morgan fingerprint density at radius 2 is 1.85 bits per heavy atom. The third-order valence-electron chi connectivity index (χ3n) is 6.43. The fraction of sp³-hybridized carbons (Fsp3) is 0.619. The van der Waals surface area contributed by atoms with Crippen molar-refractivity contribution in [3.05, 3.63) is 35.9 Å². The van der Waals surface area contributed by atoms with Gasteiger partial charge in [-0.2, -0.15) is 0 Å². The van der Waals surface area contributed by atoms with Gasteiger partial charge in [-0.05, 0) is 62.8 Å². The summed E-state index contributed by atoms with van der Waals surface area (Å²) in [5, 5.41) is 2.91. The zero-order chi connectivity index (χ0) is 18.4. The normalized spacial score (nSPS) is 35.8. The number of alkyl halides is 1. The predicted molar refractivity (Wildman–Crippen MR) is 103 cm³/mol. The summed E-state index contributed by atoms with van der Waals surface area (Å²) in [5.41, 5.74) is 0.660. The average Bonchev–Trinajstić information content (AvgIpc) is 2.58. The van der Waals surface area contributed by atoms with Gasteiger partial charge in [-0.15, -0.1) is 0 Å². The molecule has 26 heavy (non-hydrogen) atoms. The number of hydrogen-bond donors (Lipinski definition) is 1. The first kappa shape index (κ1) is 18.0. The van der Waals surface area contributed by atoms with Crippen molar-refractivity contribution in [1.29, 1.82) is 0 Å². The fourth-order valence-corrected chi connectivity index (χ4v) is 7.23. The predicted octanol–water partition coefficient (Wildman–Crippen LogP) is 4.14. The number of rotatable bonds is 5. The van der Waals surface area contributed by atoms with Crippen molar-refractivity contribution in [2.75, 3.05) is 6.61 Å². The molecular weight excluding hydrogens is 394 g/mol. The van der Waals surface area contributed by atoms with Crippen LogP contribution in [0, 0.1) is 17.3 Å². The molecule has 4 bridgehead atoms. The Bertz CT molecular complexity index is 690. The molecule has 1 aromatic rings. The zero-order valence-corrected chi connectivity index (χ0v) is 16.8. The summed E-state index contributed by atoms with van der Waals surface area (Å²) in [4.78, 5) is 25.1. The van der Waals surface area contributed by atoms with Crippen LogP contribution >= 0.6 is 15.9 Å². The summed E-state index contributed by atoms with van der Waals surface area (Å²) in [5.74, 6) is 0.830. The molecule has 4 aliphatic carbocycles. The van der Waals surface area contributed by atoms with Gasteiger partial charge in [0.1, 0.15) is 0 Å². The molecule has 1 aromatic carbocycles. The number of carbonyl (C=O) groups excluding carboxylic acids is 2. The molecule has 1 amide bonds. The maximum atomic E-state index is 12.9. The highest BCUT2D eigenvalue weighted by molar-refractivity contribution is 9.10. The van der Waals surface area contributed by atoms with E-state index in [1.54, 1.807) is 0 Å². The maximum absolute atomic E-state index is 12.9. The van der Waals surface area contributed by atoms with E-state index in [1.807, 2.05) is 37.3 Å². The molecule has 0 saturated heterocycles. The maximum Gasteiger partial charge on any atom is 0.312 e. The van der Waals surface area contributed by atoms with Gasteiger partial charge in [0.05, 0.1) is 11.5 Å². The molecule has 0 heterocycles. The number of esters is 1. The first-order valence-electron chi connectivity index (χ1n) is 9.58. The molecule has 4 aliphatic rings. The van der Waals surface area contributed by atoms with Crippen LogP contribution in [0.4, 0.5) is 0 Å². The Morgan fingerprint density at radius 3 is 2.46 bits per heavy atom. The highest BCUT2D eigenvalue weighted by Crippen LogP contribution is 2.64. The second-order valence-electron chi connectivity index (χ2n) is 8.67. The van der Waals surface area contributed by atoms with Gasteiger partial charge in [0.15, 0.2) is 6.61 Å². The van der Waals surface area contributed by atoms with E-state index in [0.29, 0.717) is 11.8 Å². The summed E-state index contributed by atoms with van der Waals surface area (Å²) in [6, 6.07) is 9.68. The van der Waals surface area contributed by atoms with E-state index in [-0.39, 0.29) is 34.3 Å². The molecule has 0 spiro atoms. The Balaban J connectivity index is 1.33. The number of hydrogen-bond acceptors (Lipinski definition) is 3. The van der Waals surface area contributed by atoms with Gasteiger partial charge in [-0.25, -0.2) is 0 Å². The molecule has 4 saturated carbocycles. The minimum atomic E-state index is -0.376. The monoisotopic (exact) mass is 419 g/mol. The third kappa shape index (κ3) is 3.42. The summed E-state index contributed by atoms with van der Waals surface area (Å²) in [7, 11) is 0. The largest absolute Gasteiger partial charge is 0.455 e. The fourth-order valence-electron chi connectivity index (χ4n) is 5.78. The van der Waals surface area contributed by atoms with Gasteiger partial charge in [0, 0.05) is 4.32 Å². The lowest BCUT2D eigenvalue weighted by Gasteiger charge is -2.58. The number of carbonyl (C=O) groups is 2. The molecule has 0 aromatic heterocycles. The summed E-state index contributed by atoms with van der Waals surface area (Å²) >= 11 is 3.91. The molecule has 140 valence electrons. The quantitative estimate of drug-likeness (QED) is 0.576. The third-order valence-corrected chi connectivity index (χ3v) is 7.36. The standard InChI is InChI=1S/C21H26BrNO3/c1-14(17-5-3-2-4-6-17)23-18(24)12-26-19(25)20-8-15-7-16(9-20)11-21(22,10-15)13-20/h2-6,14-16H,7-13H2,1H3,(H,23,24)/t14-,15-,16+,20?,21?/m1/s1. The van der Waals surface area contributed by atoms with Crippen LogP contribution in [0.2, 0.25) is 0 Å². The van der Waals surface area contributed by atoms with E-state index >= 15 is 0 Å². The van der Waals surface area contributed by atoms with E-state index < -0.39 is 0 Å². The van der Waals surface area contributed by atoms with Gasteiger partial charge in [-0.1, -0.05) is 46.3 Å². The van der Waals surface area contributed by atoms with Gasteiger partial charge >= 0.3 is 5.97 Å². The number of nitrogens with one attached hydrogen (secondary N) is 1. The Kier molecular flexibility index (Phi) is 4.62. The summed E-state index contributed by atoms with van der Waals surface area (Å²) in [6.07, 6.45) is 6.31. The van der Waals surface area contributed by atoms with Crippen LogP contribution in [-0.4, -0.2) is 22.8 Å².